The highest BCUT2D eigenvalue weighted by molar-refractivity contribution is 7.80. The second-order valence-corrected chi connectivity index (χ2v) is 8.19. The van der Waals surface area contributed by atoms with Crippen LogP contribution in [0.3, 0.4) is 0 Å². The van der Waals surface area contributed by atoms with Crippen molar-refractivity contribution < 1.29 is 34.2 Å². The average molecular weight is 478 g/mol. The van der Waals surface area contributed by atoms with E-state index in [2.05, 4.69) is 28.6 Å². The molecule has 13 heteroatoms. The van der Waals surface area contributed by atoms with Crippen LogP contribution in [0.4, 0.5) is 0 Å². The number of hydrogen-bond acceptors (Lipinski definition) is 8. The summed E-state index contributed by atoms with van der Waals surface area (Å²) in [6, 6.07) is -4.70. The van der Waals surface area contributed by atoms with Crippen molar-refractivity contribution >= 4 is 42.3 Å². The van der Waals surface area contributed by atoms with Crippen LogP contribution in [0.5, 0.6) is 0 Å². The molecule has 0 fully saturated rings. The molecule has 9 N–H and O–H groups in total. The van der Waals surface area contributed by atoms with E-state index >= 15 is 0 Å². The summed E-state index contributed by atoms with van der Waals surface area (Å²) < 4.78 is 0. The fourth-order valence-electron chi connectivity index (χ4n) is 2.75. The molecule has 0 radical (unpaired) electrons. The van der Waals surface area contributed by atoms with Gasteiger partial charge < -0.3 is 37.6 Å². The zero-order valence-electron chi connectivity index (χ0n) is 18.4. The van der Waals surface area contributed by atoms with Crippen LogP contribution in [0.2, 0.25) is 0 Å². The van der Waals surface area contributed by atoms with Crippen molar-refractivity contribution in [3.8, 4) is 0 Å². The Labute approximate surface area is 192 Å². The van der Waals surface area contributed by atoms with Crippen LogP contribution in [0.25, 0.3) is 0 Å². The summed E-state index contributed by atoms with van der Waals surface area (Å²) in [7, 11) is 0. The average Bonchev–Trinajstić information content (AvgIpc) is 2.69. The minimum absolute atomic E-state index is 0.0143. The third kappa shape index (κ3) is 11.9. The van der Waals surface area contributed by atoms with Gasteiger partial charge in [0, 0.05) is 5.75 Å². The highest BCUT2D eigenvalue weighted by Crippen LogP contribution is 2.08. The molecule has 0 saturated carbocycles. The molecule has 4 atom stereocenters. The van der Waals surface area contributed by atoms with Gasteiger partial charge in [0.05, 0.1) is 12.5 Å². The first-order chi connectivity index (χ1) is 14.9. The lowest BCUT2D eigenvalue weighted by molar-refractivity contribution is -0.141. The number of carbonyl (C=O) groups excluding carboxylic acids is 3. The van der Waals surface area contributed by atoms with Gasteiger partial charge >= 0.3 is 11.9 Å². The minimum Gasteiger partial charge on any atom is -0.481 e. The van der Waals surface area contributed by atoms with E-state index in [-0.39, 0.29) is 24.5 Å². The molecule has 0 aromatic carbocycles. The van der Waals surface area contributed by atoms with Crippen LogP contribution < -0.4 is 27.4 Å². The molecule has 0 spiro atoms. The molecule has 32 heavy (non-hydrogen) atoms. The first-order valence-electron chi connectivity index (χ1n) is 10.3. The molecule has 12 nitrogen and oxygen atoms in total. The van der Waals surface area contributed by atoms with Gasteiger partial charge in [-0.1, -0.05) is 13.8 Å². The van der Waals surface area contributed by atoms with Gasteiger partial charge in [-0.2, -0.15) is 12.6 Å². The first kappa shape index (κ1) is 29.6. The number of amides is 3. The maximum atomic E-state index is 12.9. The number of carboxylic acids is 2. The highest BCUT2D eigenvalue weighted by Gasteiger charge is 2.30. The van der Waals surface area contributed by atoms with Gasteiger partial charge in [-0.05, 0) is 38.1 Å². The SMILES string of the molecule is CC(C)CC(NC(=O)C(CCCCN)NC(=O)C(N)CC(=O)O)C(=O)NC(CS)C(=O)O. The molecule has 0 aliphatic heterocycles. The largest absolute Gasteiger partial charge is 0.481 e. The number of carbonyl (C=O) groups is 5. The van der Waals surface area contributed by atoms with Gasteiger partial charge in [-0.25, -0.2) is 4.79 Å². The van der Waals surface area contributed by atoms with E-state index < -0.39 is 60.2 Å². The topological polar surface area (TPSA) is 214 Å². The number of hydrogen-bond donors (Lipinski definition) is 8. The third-order valence-electron chi connectivity index (χ3n) is 4.45. The molecular formula is C19H35N5O7S. The third-order valence-corrected chi connectivity index (χ3v) is 4.81. The van der Waals surface area contributed by atoms with Gasteiger partial charge in [0.25, 0.3) is 0 Å². The van der Waals surface area contributed by atoms with E-state index in [1.165, 1.54) is 0 Å². The monoisotopic (exact) mass is 477 g/mol. The predicted molar refractivity (Wildman–Crippen MR) is 120 cm³/mol. The predicted octanol–water partition coefficient (Wildman–Crippen LogP) is -1.57. The van der Waals surface area contributed by atoms with Crippen LogP contribution in [0.1, 0.15) is 46.0 Å². The van der Waals surface area contributed by atoms with Gasteiger partial charge in [-0.15, -0.1) is 0 Å². The maximum absolute atomic E-state index is 12.9. The molecule has 0 aliphatic carbocycles. The van der Waals surface area contributed by atoms with Gasteiger partial charge in [-0.3, -0.25) is 19.2 Å². The maximum Gasteiger partial charge on any atom is 0.327 e. The summed E-state index contributed by atoms with van der Waals surface area (Å²) in [4.78, 5) is 59.7. The number of thiol groups is 1. The molecule has 0 aromatic rings. The molecule has 0 aromatic heterocycles. The summed E-state index contributed by atoms with van der Waals surface area (Å²) in [5.41, 5.74) is 11.0. The number of carboxylic acid groups (broad SMARTS) is 2. The van der Waals surface area contributed by atoms with Gasteiger partial charge in [0.2, 0.25) is 17.7 Å². The minimum atomic E-state index is -1.35. The molecular weight excluding hydrogens is 442 g/mol. The van der Waals surface area contributed by atoms with Gasteiger partial charge in [0.15, 0.2) is 0 Å². The van der Waals surface area contributed by atoms with E-state index in [0.717, 1.165) is 0 Å². The normalized spacial score (nSPS) is 14.7. The Bertz CT molecular complexity index is 662. The Kier molecular flexibility index (Phi) is 14.3. The second-order valence-electron chi connectivity index (χ2n) is 7.82. The second kappa shape index (κ2) is 15.4. The first-order valence-corrected chi connectivity index (χ1v) is 11.0. The van der Waals surface area contributed by atoms with Crippen LogP contribution in [0.15, 0.2) is 0 Å². The zero-order chi connectivity index (χ0) is 24.8. The van der Waals surface area contributed by atoms with Crippen molar-refractivity contribution in [2.45, 2.75) is 70.1 Å². The van der Waals surface area contributed by atoms with Crippen LogP contribution in [-0.2, 0) is 24.0 Å². The molecule has 184 valence electrons. The van der Waals surface area contributed by atoms with E-state index in [4.69, 9.17) is 21.7 Å². The molecule has 0 heterocycles. The summed E-state index contributed by atoms with van der Waals surface area (Å²) >= 11 is 3.90. The smallest absolute Gasteiger partial charge is 0.327 e. The Hall–Kier alpha value is -2.38. The van der Waals surface area contributed by atoms with Gasteiger partial charge in [0.1, 0.15) is 18.1 Å². The summed E-state index contributed by atoms with van der Waals surface area (Å²) in [6.07, 6.45) is 0.878. The van der Waals surface area contributed by atoms with E-state index in [0.29, 0.717) is 19.4 Å². The Morgan fingerprint density at radius 2 is 1.41 bits per heavy atom. The number of aliphatic carboxylic acids is 2. The van der Waals surface area contributed by atoms with Crippen LogP contribution >= 0.6 is 12.6 Å². The quantitative estimate of drug-likeness (QED) is 0.0950. The fraction of sp³-hybridized carbons (Fsp3) is 0.737. The lowest BCUT2D eigenvalue weighted by Gasteiger charge is -2.25. The molecule has 3 amide bonds. The van der Waals surface area contributed by atoms with Crippen molar-refractivity contribution in [2.75, 3.05) is 12.3 Å². The van der Waals surface area contributed by atoms with Crippen molar-refractivity contribution in [3.63, 3.8) is 0 Å². The number of unbranched alkanes of at least 4 members (excludes halogenated alkanes) is 1. The molecule has 0 rings (SSSR count). The molecule has 4 unspecified atom stereocenters. The Morgan fingerprint density at radius 3 is 1.88 bits per heavy atom. The van der Waals surface area contributed by atoms with Crippen molar-refractivity contribution in [2.24, 2.45) is 17.4 Å². The van der Waals surface area contributed by atoms with Crippen molar-refractivity contribution in [1.82, 2.24) is 16.0 Å². The zero-order valence-corrected chi connectivity index (χ0v) is 19.3. The highest BCUT2D eigenvalue weighted by atomic mass is 32.1. The van der Waals surface area contributed by atoms with E-state index in [1.807, 2.05) is 13.8 Å². The number of rotatable bonds is 16. The number of nitrogens with two attached hydrogens (primary N) is 2. The van der Waals surface area contributed by atoms with Crippen molar-refractivity contribution in [3.05, 3.63) is 0 Å². The number of nitrogens with one attached hydrogen (secondary N) is 3. The standard InChI is InChI=1S/C19H35N5O7S/c1-10(2)7-13(18(29)24-14(9-32)19(30)31)23-17(28)12(5-3-4-6-20)22-16(27)11(21)8-15(25)26/h10-14,32H,3-9,20-21H2,1-2H3,(H,22,27)(H,23,28)(H,24,29)(H,25,26)(H,30,31). The van der Waals surface area contributed by atoms with Crippen LogP contribution in [0, 0.1) is 5.92 Å². The summed E-state index contributed by atoms with van der Waals surface area (Å²) in [6.45, 7) is 4.02. The molecule has 0 aliphatic rings. The fourth-order valence-corrected chi connectivity index (χ4v) is 3.00. The van der Waals surface area contributed by atoms with E-state index in [1.54, 1.807) is 0 Å². The lowest BCUT2D eigenvalue weighted by atomic mass is 10.0. The Morgan fingerprint density at radius 1 is 0.875 bits per heavy atom. The lowest BCUT2D eigenvalue weighted by Crippen LogP contribution is -2.57. The van der Waals surface area contributed by atoms with E-state index in [9.17, 15) is 24.0 Å². The summed E-state index contributed by atoms with van der Waals surface area (Å²) in [5.74, 6) is -4.85. The Balaban J connectivity index is 5.42. The molecule has 0 bridgehead atoms. The molecule has 0 saturated heterocycles. The summed E-state index contributed by atoms with van der Waals surface area (Å²) in [5, 5.41) is 25.2. The van der Waals surface area contributed by atoms with Crippen molar-refractivity contribution in [1.29, 1.82) is 0 Å². The van der Waals surface area contributed by atoms with Crippen LogP contribution in [-0.4, -0.2) is 76.3 Å².